The molecule has 2 aromatic rings. The number of esters is 1. The van der Waals surface area contributed by atoms with Crippen LogP contribution in [0.3, 0.4) is 0 Å². The van der Waals surface area contributed by atoms with Gasteiger partial charge in [-0.1, -0.05) is 18.2 Å². The van der Waals surface area contributed by atoms with Crippen LogP contribution in [0.4, 0.5) is 9.18 Å². The Morgan fingerprint density at radius 2 is 2.00 bits per heavy atom. The number of halogens is 2. The zero-order valence-electron chi connectivity index (χ0n) is 17.2. The Labute approximate surface area is 202 Å². The lowest BCUT2D eigenvalue weighted by Gasteiger charge is -2.13. The number of hydrogen-bond acceptors (Lipinski definition) is 7. The maximum Gasteiger partial charge on any atom is 0.344 e. The molecule has 0 bridgehead atoms. The number of benzene rings is 2. The van der Waals surface area contributed by atoms with E-state index in [0.29, 0.717) is 20.6 Å². The van der Waals surface area contributed by atoms with Gasteiger partial charge in [-0.3, -0.25) is 14.5 Å². The van der Waals surface area contributed by atoms with Crippen LogP contribution in [0.1, 0.15) is 18.1 Å². The Balaban J connectivity index is 1.81. The van der Waals surface area contributed by atoms with Crippen LogP contribution in [0.25, 0.3) is 6.08 Å². The summed E-state index contributed by atoms with van der Waals surface area (Å²) in [6.45, 7) is 1.54. The molecule has 1 saturated heterocycles. The van der Waals surface area contributed by atoms with Crippen molar-refractivity contribution < 1.29 is 33.0 Å². The van der Waals surface area contributed by atoms with Gasteiger partial charge in [0.25, 0.3) is 11.1 Å². The molecule has 1 heterocycles. The molecule has 1 aliphatic rings. The summed E-state index contributed by atoms with van der Waals surface area (Å²) in [7, 11) is 1.45. The molecule has 0 aliphatic carbocycles. The molecule has 1 aliphatic heterocycles. The first-order valence-electron chi connectivity index (χ1n) is 9.48. The van der Waals surface area contributed by atoms with E-state index < -0.39 is 22.9 Å². The van der Waals surface area contributed by atoms with Gasteiger partial charge >= 0.3 is 5.97 Å². The smallest absolute Gasteiger partial charge is 0.344 e. The number of methoxy groups -OCH3 is 1. The van der Waals surface area contributed by atoms with Gasteiger partial charge in [-0.2, -0.15) is 0 Å². The lowest BCUT2D eigenvalue weighted by atomic mass is 10.1. The largest absolute Gasteiger partial charge is 0.493 e. The second-order valence-corrected chi connectivity index (χ2v) is 8.64. The molecule has 3 rings (SSSR count). The van der Waals surface area contributed by atoms with Crippen molar-refractivity contribution in [2.75, 3.05) is 20.3 Å². The van der Waals surface area contributed by atoms with Crippen LogP contribution < -0.4 is 9.47 Å². The minimum Gasteiger partial charge on any atom is -0.493 e. The van der Waals surface area contributed by atoms with E-state index in [9.17, 15) is 18.8 Å². The Hall–Kier alpha value is -2.60. The number of rotatable bonds is 8. The van der Waals surface area contributed by atoms with Crippen LogP contribution in [0, 0.1) is 9.39 Å². The molecular formula is C22H19FINO6S. The van der Waals surface area contributed by atoms with Gasteiger partial charge in [-0.15, -0.1) is 0 Å². The number of amides is 2. The molecule has 0 N–H and O–H groups in total. The first-order chi connectivity index (χ1) is 15.3. The summed E-state index contributed by atoms with van der Waals surface area (Å²) < 4.78 is 30.3. The number of nitrogens with zero attached hydrogens (tertiary/aromatic N) is 1. The minimum absolute atomic E-state index is 0.143. The third-order valence-electron chi connectivity index (χ3n) is 4.35. The maximum absolute atomic E-state index is 13.9. The Morgan fingerprint density at radius 3 is 2.69 bits per heavy atom. The molecule has 32 heavy (non-hydrogen) atoms. The SMILES string of the molecule is CCOC(=O)COc1c(I)cc(/C=C2/SC(=O)N(Cc3ccccc3F)C2=O)cc1OC. The molecule has 2 amide bonds. The van der Waals surface area contributed by atoms with E-state index in [0.717, 1.165) is 16.7 Å². The van der Waals surface area contributed by atoms with Crippen molar-refractivity contribution >= 4 is 57.5 Å². The highest BCUT2D eigenvalue weighted by atomic mass is 127. The van der Waals surface area contributed by atoms with E-state index >= 15 is 0 Å². The number of imide groups is 1. The minimum atomic E-state index is -0.502. The number of carbonyl (C=O) groups excluding carboxylic acids is 3. The average Bonchev–Trinajstić information content (AvgIpc) is 3.01. The molecule has 2 aromatic carbocycles. The van der Waals surface area contributed by atoms with Gasteiger partial charge in [0.05, 0.1) is 28.7 Å². The number of carbonyl (C=O) groups is 3. The van der Waals surface area contributed by atoms with Crippen molar-refractivity contribution in [2.45, 2.75) is 13.5 Å². The zero-order valence-corrected chi connectivity index (χ0v) is 20.2. The second kappa shape index (κ2) is 10.8. The van der Waals surface area contributed by atoms with Crippen LogP contribution >= 0.6 is 34.4 Å². The fourth-order valence-corrected chi connectivity index (χ4v) is 4.50. The van der Waals surface area contributed by atoms with Crippen molar-refractivity contribution in [3.05, 3.63) is 61.8 Å². The zero-order chi connectivity index (χ0) is 23.3. The summed E-state index contributed by atoms with van der Waals surface area (Å²) in [5, 5.41) is -0.472. The fourth-order valence-electron chi connectivity index (χ4n) is 2.88. The number of ether oxygens (including phenoxy) is 3. The summed E-state index contributed by atoms with van der Waals surface area (Å²) in [5.41, 5.74) is 0.862. The van der Waals surface area contributed by atoms with Crippen LogP contribution in [-0.4, -0.2) is 42.3 Å². The average molecular weight is 571 g/mol. The van der Waals surface area contributed by atoms with E-state index in [-0.39, 0.29) is 30.2 Å². The van der Waals surface area contributed by atoms with Gasteiger partial charge in [0, 0.05) is 5.56 Å². The summed E-state index contributed by atoms with van der Waals surface area (Å²) in [5.74, 6) is -0.755. The van der Waals surface area contributed by atoms with Gasteiger partial charge < -0.3 is 14.2 Å². The van der Waals surface area contributed by atoms with Crippen molar-refractivity contribution in [1.82, 2.24) is 4.90 Å². The first kappa shape index (κ1) is 24.1. The Bertz CT molecular complexity index is 1090. The first-order valence-corrected chi connectivity index (χ1v) is 11.4. The predicted molar refractivity (Wildman–Crippen MR) is 126 cm³/mol. The van der Waals surface area contributed by atoms with Gasteiger partial charge in [0.15, 0.2) is 18.1 Å². The van der Waals surface area contributed by atoms with Crippen molar-refractivity contribution in [1.29, 1.82) is 0 Å². The highest BCUT2D eigenvalue weighted by Gasteiger charge is 2.35. The van der Waals surface area contributed by atoms with Crippen LogP contribution in [0.5, 0.6) is 11.5 Å². The number of hydrogen-bond donors (Lipinski definition) is 0. The molecular weight excluding hydrogens is 552 g/mol. The molecule has 0 radical (unpaired) electrons. The molecule has 0 spiro atoms. The van der Waals surface area contributed by atoms with E-state index in [1.807, 2.05) is 22.6 Å². The highest BCUT2D eigenvalue weighted by molar-refractivity contribution is 14.1. The predicted octanol–water partition coefficient (Wildman–Crippen LogP) is 4.62. The second-order valence-electron chi connectivity index (χ2n) is 6.49. The van der Waals surface area contributed by atoms with E-state index in [4.69, 9.17) is 14.2 Å². The van der Waals surface area contributed by atoms with Gasteiger partial charge in [-0.25, -0.2) is 9.18 Å². The molecule has 1 fully saturated rings. The maximum atomic E-state index is 13.9. The molecule has 7 nitrogen and oxygen atoms in total. The summed E-state index contributed by atoms with van der Waals surface area (Å²) in [6.07, 6.45) is 1.56. The van der Waals surface area contributed by atoms with E-state index in [1.54, 1.807) is 37.3 Å². The highest BCUT2D eigenvalue weighted by Crippen LogP contribution is 2.37. The normalized spacial score (nSPS) is 14.8. The number of thioether (sulfide) groups is 1. The molecule has 0 unspecified atom stereocenters. The lowest BCUT2D eigenvalue weighted by Crippen LogP contribution is -2.27. The Kier molecular flexibility index (Phi) is 8.13. The molecule has 0 aromatic heterocycles. The van der Waals surface area contributed by atoms with Crippen molar-refractivity contribution in [3.63, 3.8) is 0 Å². The Morgan fingerprint density at radius 1 is 1.25 bits per heavy atom. The summed E-state index contributed by atoms with van der Waals surface area (Å²) in [4.78, 5) is 37.9. The van der Waals surface area contributed by atoms with E-state index in [2.05, 4.69) is 0 Å². The van der Waals surface area contributed by atoms with Gasteiger partial charge in [0.1, 0.15) is 5.82 Å². The van der Waals surface area contributed by atoms with Gasteiger partial charge in [0.2, 0.25) is 0 Å². The third kappa shape index (κ3) is 5.60. The molecule has 168 valence electrons. The molecule has 0 atom stereocenters. The van der Waals surface area contributed by atoms with E-state index in [1.165, 1.54) is 19.2 Å². The van der Waals surface area contributed by atoms with Crippen molar-refractivity contribution in [3.8, 4) is 11.5 Å². The summed E-state index contributed by atoms with van der Waals surface area (Å²) in [6, 6.07) is 9.37. The lowest BCUT2D eigenvalue weighted by molar-refractivity contribution is -0.145. The molecule has 0 saturated carbocycles. The molecule has 10 heteroatoms. The van der Waals surface area contributed by atoms with Crippen LogP contribution in [0.2, 0.25) is 0 Å². The topological polar surface area (TPSA) is 82.1 Å². The van der Waals surface area contributed by atoms with Crippen LogP contribution in [0.15, 0.2) is 41.3 Å². The third-order valence-corrected chi connectivity index (χ3v) is 6.06. The van der Waals surface area contributed by atoms with Crippen molar-refractivity contribution in [2.24, 2.45) is 0 Å². The van der Waals surface area contributed by atoms with Crippen LogP contribution in [-0.2, 0) is 20.9 Å². The summed E-state index contributed by atoms with van der Waals surface area (Å²) >= 11 is 2.81. The standard InChI is InChI=1S/C22H19FINO6S/c1-3-30-19(26)12-31-20-16(24)8-13(9-17(20)29-2)10-18-21(27)25(22(28)32-18)11-14-6-4-5-7-15(14)23/h4-10H,3,11-12H2,1-2H3/b18-10+. The fraction of sp³-hybridized carbons (Fsp3) is 0.227. The van der Waals surface area contributed by atoms with Gasteiger partial charge in [-0.05, 0) is 71.1 Å². The monoisotopic (exact) mass is 571 g/mol. The quantitative estimate of drug-likeness (QED) is 0.260.